The quantitative estimate of drug-likeness (QED) is 0.306. The zero-order chi connectivity index (χ0) is 25.4. The second kappa shape index (κ2) is 10.1. The predicted octanol–water partition coefficient (Wildman–Crippen LogP) is 4.81. The highest BCUT2D eigenvalue weighted by Crippen LogP contribution is 2.36. The van der Waals surface area contributed by atoms with Crippen molar-refractivity contribution in [1.82, 2.24) is 24.5 Å². The lowest BCUT2D eigenvalue weighted by molar-refractivity contribution is -0.119. The van der Waals surface area contributed by atoms with Gasteiger partial charge in [0.25, 0.3) is 5.56 Å². The zero-order valence-corrected chi connectivity index (χ0v) is 22.1. The monoisotopic (exact) mass is 529 g/mol. The van der Waals surface area contributed by atoms with E-state index in [1.54, 1.807) is 15.9 Å². The van der Waals surface area contributed by atoms with Crippen LogP contribution in [0.25, 0.3) is 21.7 Å². The zero-order valence-electron chi connectivity index (χ0n) is 20.5. The molecule has 3 heterocycles. The normalized spacial score (nSPS) is 14.1. The molecule has 1 amide bonds. The van der Waals surface area contributed by atoms with Crippen molar-refractivity contribution >= 4 is 45.0 Å². The number of aromatic nitrogens is 4. The van der Waals surface area contributed by atoms with Gasteiger partial charge in [-0.1, -0.05) is 60.3 Å². The predicted molar refractivity (Wildman–Crippen MR) is 149 cm³/mol. The number of carbonyl (C=O) groups excluding carboxylic acids is 1. The molecule has 7 nitrogen and oxygen atoms in total. The van der Waals surface area contributed by atoms with Crippen LogP contribution in [0.3, 0.4) is 0 Å². The molecule has 1 aliphatic carbocycles. The van der Waals surface area contributed by atoms with E-state index in [4.69, 9.17) is 0 Å². The summed E-state index contributed by atoms with van der Waals surface area (Å²) in [5, 5.41) is 13.4. The first kappa shape index (κ1) is 23.9. The van der Waals surface area contributed by atoms with Gasteiger partial charge in [0.1, 0.15) is 4.83 Å². The van der Waals surface area contributed by atoms with Gasteiger partial charge in [-0.2, -0.15) is 0 Å². The Bertz CT molecular complexity index is 1640. The number of thiophene rings is 1. The van der Waals surface area contributed by atoms with Crippen LogP contribution in [0.15, 0.2) is 70.6 Å². The average molecular weight is 530 g/mol. The Labute approximate surface area is 222 Å². The summed E-state index contributed by atoms with van der Waals surface area (Å²) < 4.78 is 3.63. The SMILES string of the molecule is C[C@H](Cc1ccccc1)NC(=O)CSc1nnc2n(-c3ccccc3)c(=O)c3c4c(sc3n12)CCCC4. The van der Waals surface area contributed by atoms with Crippen LogP contribution in [0.4, 0.5) is 0 Å². The van der Waals surface area contributed by atoms with Gasteiger partial charge < -0.3 is 5.32 Å². The van der Waals surface area contributed by atoms with E-state index in [0.717, 1.165) is 48.0 Å². The van der Waals surface area contributed by atoms with Crippen LogP contribution in [-0.4, -0.2) is 36.9 Å². The largest absolute Gasteiger partial charge is 0.353 e. The van der Waals surface area contributed by atoms with Crippen LogP contribution < -0.4 is 10.9 Å². The van der Waals surface area contributed by atoms with Crippen LogP contribution in [0.1, 0.15) is 35.8 Å². The maximum absolute atomic E-state index is 13.8. The molecule has 188 valence electrons. The van der Waals surface area contributed by atoms with Gasteiger partial charge in [-0.3, -0.25) is 9.59 Å². The molecule has 0 fully saturated rings. The van der Waals surface area contributed by atoms with E-state index in [1.807, 2.05) is 59.9 Å². The summed E-state index contributed by atoms with van der Waals surface area (Å²) in [5.41, 5.74) is 3.06. The summed E-state index contributed by atoms with van der Waals surface area (Å²) in [7, 11) is 0. The highest BCUT2D eigenvalue weighted by molar-refractivity contribution is 7.99. The number of hydrogen-bond donors (Lipinski definition) is 1. The van der Waals surface area contributed by atoms with Crippen molar-refractivity contribution in [3.63, 3.8) is 0 Å². The number of benzene rings is 2. The smallest absolute Gasteiger partial charge is 0.268 e. The van der Waals surface area contributed by atoms with Crippen molar-refractivity contribution in [3.8, 4) is 5.69 Å². The minimum Gasteiger partial charge on any atom is -0.353 e. The van der Waals surface area contributed by atoms with E-state index in [2.05, 4.69) is 27.6 Å². The Morgan fingerprint density at radius 3 is 2.57 bits per heavy atom. The third-order valence-corrected chi connectivity index (χ3v) is 8.93. The maximum atomic E-state index is 13.8. The third kappa shape index (κ3) is 4.57. The number of hydrogen-bond acceptors (Lipinski definition) is 6. The number of aryl methyl sites for hydroxylation is 2. The average Bonchev–Trinajstić information content (AvgIpc) is 3.50. The van der Waals surface area contributed by atoms with Crippen LogP contribution in [-0.2, 0) is 24.1 Å². The molecular formula is C28H27N5O2S2. The van der Waals surface area contributed by atoms with E-state index in [9.17, 15) is 9.59 Å². The van der Waals surface area contributed by atoms with Gasteiger partial charge in [0.05, 0.1) is 16.8 Å². The fourth-order valence-corrected chi connectivity index (χ4v) is 7.27. The maximum Gasteiger partial charge on any atom is 0.268 e. The molecule has 6 rings (SSSR count). The molecular weight excluding hydrogens is 502 g/mol. The number of rotatable bonds is 7. The summed E-state index contributed by atoms with van der Waals surface area (Å²) in [5.74, 6) is 0.641. The molecule has 0 saturated carbocycles. The highest BCUT2D eigenvalue weighted by Gasteiger charge is 2.25. The van der Waals surface area contributed by atoms with E-state index in [0.29, 0.717) is 10.9 Å². The van der Waals surface area contributed by atoms with Crippen LogP contribution in [0, 0.1) is 0 Å². The first-order valence-corrected chi connectivity index (χ1v) is 14.4. The lowest BCUT2D eigenvalue weighted by Gasteiger charge is -2.14. The van der Waals surface area contributed by atoms with Crippen molar-refractivity contribution in [2.75, 3.05) is 5.75 Å². The van der Waals surface area contributed by atoms with Gasteiger partial charge >= 0.3 is 0 Å². The first-order valence-electron chi connectivity index (χ1n) is 12.6. The standard InChI is InChI=1S/C28H27N5O2S2/c1-18(16-19-10-4-2-5-11-19)29-23(34)17-36-28-31-30-27-32(20-12-6-3-7-13-20)25(35)24-21-14-8-9-15-22(21)37-26(24)33(27)28/h2-7,10-13,18H,8-9,14-17H2,1H3,(H,29,34)/t18-/m1/s1. The Morgan fingerprint density at radius 2 is 1.78 bits per heavy atom. The molecule has 3 aromatic heterocycles. The molecule has 0 spiro atoms. The summed E-state index contributed by atoms with van der Waals surface area (Å²) in [6.45, 7) is 2.01. The van der Waals surface area contributed by atoms with Gasteiger partial charge in [-0.05, 0) is 62.3 Å². The number of carbonyl (C=O) groups is 1. The Kier molecular flexibility index (Phi) is 6.56. The van der Waals surface area contributed by atoms with Crippen molar-refractivity contribution in [3.05, 3.63) is 87.0 Å². The second-order valence-electron chi connectivity index (χ2n) is 9.43. The van der Waals surface area contributed by atoms with Crippen LogP contribution in [0.5, 0.6) is 0 Å². The summed E-state index contributed by atoms with van der Waals surface area (Å²) in [6, 6.07) is 19.7. The van der Waals surface area contributed by atoms with E-state index >= 15 is 0 Å². The lowest BCUT2D eigenvalue weighted by Crippen LogP contribution is -2.35. The van der Waals surface area contributed by atoms with Gasteiger partial charge in [0.2, 0.25) is 11.7 Å². The topological polar surface area (TPSA) is 81.3 Å². The summed E-state index contributed by atoms with van der Waals surface area (Å²) in [6.07, 6.45) is 4.91. The fourth-order valence-electron chi connectivity index (χ4n) is 5.09. The Hall–Kier alpha value is -3.43. The summed E-state index contributed by atoms with van der Waals surface area (Å²) >= 11 is 3.02. The molecule has 5 aromatic rings. The minimum absolute atomic E-state index is 0.0182. The molecule has 0 aliphatic heterocycles. The van der Waals surface area contributed by atoms with Crippen molar-refractivity contribution < 1.29 is 4.79 Å². The Morgan fingerprint density at radius 1 is 1.05 bits per heavy atom. The summed E-state index contributed by atoms with van der Waals surface area (Å²) in [4.78, 5) is 28.8. The fraction of sp³-hybridized carbons (Fsp3) is 0.286. The molecule has 0 bridgehead atoms. The van der Waals surface area contributed by atoms with Gasteiger partial charge in [0.15, 0.2) is 5.16 Å². The molecule has 9 heteroatoms. The first-order chi connectivity index (χ1) is 18.1. The molecule has 0 radical (unpaired) electrons. The molecule has 2 aromatic carbocycles. The number of nitrogens with one attached hydrogen (secondary N) is 1. The molecule has 0 saturated heterocycles. The van der Waals surface area contributed by atoms with E-state index in [-0.39, 0.29) is 23.3 Å². The Balaban J connectivity index is 1.34. The number of nitrogens with zero attached hydrogens (tertiary/aromatic N) is 4. The second-order valence-corrected chi connectivity index (χ2v) is 11.5. The van der Waals surface area contributed by atoms with Crippen LogP contribution >= 0.6 is 23.1 Å². The third-order valence-electron chi connectivity index (χ3n) is 6.73. The minimum atomic E-state index is -0.0525. The molecule has 1 aliphatic rings. The molecule has 1 atom stereocenters. The van der Waals surface area contributed by atoms with Gasteiger partial charge in [-0.15, -0.1) is 21.5 Å². The molecule has 0 unspecified atom stereocenters. The number of para-hydroxylation sites is 1. The van der Waals surface area contributed by atoms with E-state index < -0.39 is 0 Å². The number of fused-ring (bicyclic) bond motifs is 5. The number of amides is 1. The van der Waals surface area contributed by atoms with Crippen molar-refractivity contribution in [2.45, 2.75) is 50.2 Å². The van der Waals surface area contributed by atoms with Crippen LogP contribution in [0.2, 0.25) is 0 Å². The molecule has 1 N–H and O–H groups in total. The molecule has 37 heavy (non-hydrogen) atoms. The number of thioether (sulfide) groups is 1. The van der Waals surface area contributed by atoms with Crippen molar-refractivity contribution in [1.29, 1.82) is 0 Å². The lowest BCUT2D eigenvalue weighted by atomic mass is 9.97. The van der Waals surface area contributed by atoms with Gasteiger partial charge in [-0.25, -0.2) is 8.97 Å². The van der Waals surface area contributed by atoms with Gasteiger partial charge in [0, 0.05) is 10.9 Å². The highest BCUT2D eigenvalue weighted by atomic mass is 32.2. The van der Waals surface area contributed by atoms with Crippen molar-refractivity contribution in [2.24, 2.45) is 0 Å². The van der Waals surface area contributed by atoms with E-state index in [1.165, 1.54) is 27.8 Å².